The smallest absolute Gasteiger partial charge is 0.144 e. The first-order valence-corrected chi connectivity index (χ1v) is 6.00. The minimum atomic E-state index is 0.0478. The molecule has 1 aromatic rings. The van der Waals surface area contributed by atoms with Gasteiger partial charge < -0.3 is 4.57 Å². The van der Waals surface area contributed by atoms with Gasteiger partial charge in [-0.05, 0) is 20.8 Å². The van der Waals surface area contributed by atoms with E-state index < -0.39 is 0 Å². The largest absolute Gasteiger partial charge is 0.309 e. The summed E-state index contributed by atoms with van der Waals surface area (Å²) in [6.07, 6.45) is 0. The van der Waals surface area contributed by atoms with Crippen molar-refractivity contribution in [3.05, 3.63) is 11.6 Å². The Kier molecular flexibility index (Phi) is 3.35. The summed E-state index contributed by atoms with van der Waals surface area (Å²) in [7, 11) is 0. The summed E-state index contributed by atoms with van der Waals surface area (Å²) in [5, 5.41) is 9.18. The van der Waals surface area contributed by atoms with Crippen molar-refractivity contribution in [2.75, 3.05) is 0 Å². The Morgan fingerprint density at radius 3 is 2.21 bits per heavy atom. The number of halogens is 1. The molecule has 0 spiro atoms. The highest BCUT2D eigenvalue weighted by molar-refractivity contribution is 9.08. The van der Waals surface area contributed by atoms with E-state index in [2.05, 4.69) is 65.3 Å². The molecule has 0 saturated carbocycles. The lowest BCUT2D eigenvalue weighted by molar-refractivity contribution is 0.368. The van der Waals surface area contributed by atoms with Gasteiger partial charge in [0.15, 0.2) is 0 Å². The molecule has 0 aliphatic rings. The Labute approximate surface area is 94.0 Å². The van der Waals surface area contributed by atoms with Crippen molar-refractivity contribution in [2.45, 2.75) is 51.4 Å². The molecule has 1 heterocycles. The van der Waals surface area contributed by atoms with E-state index in [1.54, 1.807) is 0 Å². The molecule has 0 aliphatic carbocycles. The van der Waals surface area contributed by atoms with Crippen LogP contribution in [0.5, 0.6) is 0 Å². The number of alkyl halides is 1. The first-order valence-electron chi connectivity index (χ1n) is 4.88. The van der Waals surface area contributed by atoms with Gasteiger partial charge in [0.25, 0.3) is 0 Å². The Hall–Kier alpha value is -0.380. The summed E-state index contributed by atoms with van der Waals surface area (Å²) in [6, 6.07) is 0. The zero-order valence-electron chi connectivity index (χ0n) is 9.50. The van der Waals surface area contributed by atoms with E-state index in [0.717, 1.165) is 17.0 Å². The zero-order chi connectivity index (χ0) is 10.9. The predicted octanol–water partition coefficient (Wildman–Crippen LogP) is 3.05. The third-order valence-electron chi connectivity index (χ3n) is 2.06. The second-order valence-electron chi connectivity index (χ2n) is 4.77. The number of hydrogen-bond donors (Lipinski definition) is 0. The molecule has 0 atom stereocenters. The van der Waals surface area contributed by atoms with Crippen LogP contribution in [-0.4, -0.2) is 14.8 Å². The molecule has 0 saturated heterocycles. The fourth-order valence-electron chi connectivity index (χ4n) is 1.52. The highest BCUT2D eigenvalue weighted by atomic mass is 79.9. The quantitative estimate of drug-likeness (QED) is 0.765. The summed E-state index contributed by atoms with van der Waals surface area (Å²) < 4.78 is 2.21. The van der Waals surface area contributed by atoms with Crippen LogP contribution in [-0.2, 0) is 10.9 Å². The van der Waals surface area contributed by atoms with E-state index in [-0.39, 0.29) is 5.54 Å². The summed E-state index contributed by atoms with van der Waals surface area (Å²) in [5.41, 5.74) is 0.0478. The van der Waals surface area contributed by atoms with Gasteiger partial charge in [-0.3, -0.25) is 0 Å². The molecule has 0 radical (unpaired) electrons. The molecule has 80 valence electrons. The molecule has 0 fully saturated rings. The molecule has 0 aliphatic heterocycles. The van der Waals surface area contributed by atoms with Gasteiger partial charge >= 0.3 is 0 Å². The first kappa shape index (κ1) is 11.7. The fourth-order valence-corrected chi connectivity index (χ4v) is 1.88. The molecular formula is C10H18BrN3. The van der Waals surface area contributed by atoms with E-state index >= 15 is 0 Å². The first-order chi connectivity index (χ1) is 6.38. The van der Waals surface area contributed by atoms with Crippen LogP contribution in [0.15, 0.2) is 0 Å². The van der Waals surface area contributed by atoms with Crippen molar-refractivity contribution < 1.29 is 0 Å². The van der Waals surface area contributed by atoms with Crippen molar-refractivity contribution >= 4 is 15.9 Å². The average Bonchev–Trinajstić information content (AvgIpc) is 2.45. The van der Waals surface area contributed by atoms with Gasteiger partial charge in [-0.25, -0.2) is 0 Å². The van der Waals surface area contributed by atoms with Crippen LogP contribution in [0.25, 0.3) is 0 Å². The van der Waals surface area contributed by atoms with Crippen LogP contribution >= 0.6 is 15.9 Å². The van der Waals surface area contributed by atoms with Gasteiger partial charge in [0.1, 0.15) is 11.6 Å². The third-order valence-corrected chi connectivity index (χ3v) is 2.56. The van der Waals surface area contributed by atoms with Crippen molar-refractivity contribution in [3.63, 3.8) is 0 Å². The van der Waals surface area contributed by atoms with Gasteiger partial charge in [0, 0.05) is 11.5 Å². The molecule has 0 aromatic carbocycles. The summed E-state index contributed by atoms with van der Waals surface area (Å²) in [6.45, 7) is 10.8. The minimum absolute atomic E-state index is 0.0478. The number of hydrogen-bond acceptors (Lipinski definition) is 2. The Morgan fingerprint density at radius 2 is 1.86 bits per heavy atom. The second-order valence-corrected chi connectivity index (χ2v) is 5.33. The Bertz CT molecular complexity index is 310. The normalized spacial score (nSPS) is 12.5. The van der Waals surface area contributed by atoms with Gasteiger partial charge in [0.05, 0.1) is 5.33 Å². The third kappa shape index (κ3) is 2.16. The highest BCUT2D eigenvalue weighted by Crippen LogP contribution is 2.24. The van der Waals surface area contributed by atoms with Gasteiger partial charge in [-0.15, -0.1) is 10.2 Å². The van der Waals surface area contributed by atoms with Crippen LogP contribution in [0.4, 0.5) is 0 Å². The van der Waals surface area contributed by atoms with Gasteiger partial charge in [-0.2, -0.15) is 0 Å². The fraction of sp³-hybridized carbons (Fsp3) is 0.800. The van der Waals surface area contributed by atoms with E-state index in [1.165, 1.54) is 0 Å². The van der Waals surface area contributed by atoms with Crippen LogP contribution in [0, 0.1) is 0 Å². The number of aromatic nitrogens is 3. The lowest BCUT2D eigenvalue weighted by atomic mass is 10.1. The van der Waals surface area contributed by atoms with E-state index in [0.29, 0.717) is 5.92 Å². The van der Waals surface area contributed by atoms with Crippen LogP contribution < -0.4 is 0 Å². The minimum Gasteiger partial charge on any atom is -0.309 e. The molecule has 3 nitrogen and oxygen atoms in total. The highest BCUT2D eigenvalue weighted by Gasteiger charge is 2.23. The lowest BCUT2D eigenvalue weighted by Crippen LogP contribution is -2.26. The SMILES string of the molecule is CC(C)c1nnc(CBr)n1C(C)(C)C. The molecule has 0 amide bonds. The molecular weight excluding hydrogens is 242 g/mol. The van der Waals surface area contributed by atoms with E-state index in [9.17, 15) is 0 Å². The molecule has 1 aromatic heterocycles. The molecule has 1 rings (SSSR count). The molecule has 0 N–H and O–H groups in total. The lowest BCUT2D eigenvalue weighted by Gasteiger charge is -2.25. The number of rotatable bonds is 2. The maximum atomic E-state index is 4.24. The van der Waals surface area contributed by atoms with Crippen molar-refractivity contribution in [3.8, 4) is 0 Å². The van der Waals surface area contributed by atoms with Gasteiger partial charge in [0.2, 0.25) is 0 Å². The summed E-state index contributed by atoms with van der Waals surface area (Å²) in [4.78, 5) is 0. The van der Waals surface area contributed by atoms with Crippen LogP contribution in [0.1, 0.15) is 52.2 Å². The van der Waals surface area contributed by atoms with Crippen molar-refractivity contribution in [1.82, 2.24) is 14.8 Å². The molecule has 4 heteroatoms. The van der Waals surface area contributed by atoms with E-state index in [4.69, 9.17) is 0 Å². The molecule has 0 bridgehead atoms. The monoisotopic (exact) mass is 259 g/mol. The maximum absolute atomic E-state index is 4.24. The Balaban J connectivity index is 3.27. The second kappa shape index (κ2) is 4.01. The summed E-state index contributed by atoms with van der Waals surface area (Å²) in [5.74, 6) is 2.47. The topological polar surface area (TPSA) is 30.7 Å². The zero-order valence-corrected chi connectivity index (χ0v) is 11.1. The average molecular weight is 260 g/mol. The molecule has 14 heavy (non-hydrogen) atoms. The van der Waals surface area contributed by atoms with Gasteiger partial charge in [-0.1, -0.05) is 29.8 Å². The van der Waals surface area contributed by atoms with Crippen LogP contribution in [0.2, 0.25) is 0 Å². The standard InChI is InChI=1S/C10H18BrN3/c1-7(2)9-13-12-8(6-11)14(9)10(3,4)5/h7H,6H2,1-5H3. The number of nitrogens with zero attached hydrogens (tertiary/aromatic N) is 3. The maximum Gasteiger partial charge on any atom is 0.144 e. The predicted molar refractivity (Wildman–Crippen MR) is 61.7 cm³/mol. The Morgan fingerprint density at radius 1 is 1.29 bits per heavy atom. The molecule has 0 unspecified atom stereocenters. The van der Waals surface area contributed by atoms with E-state index in [1.807, 2.05) is 0 Å². The van der Waals surface area contributed by atoms with Crippen molar-refractivity contribution in [2.24, 2.45) is 0 Å². The summed E-state index contributed by atoms with van der Waals surface area (Å²) >= 11 is 3.44. The van der Waals surface area contributed by atoms with Crippen LogP contribution in [0.3, 0.4) is 0 Å². The van der Waals surface area contributed by atoms with Crippen molar-refractivity contribution in [1.29, 1.82) is 0 Å².